The van der Waals surface area contributed by atoms with Crippen molar-refractivity contribution >= 4 is 11.6 Å². The average Bonchev–Trinajstić information content (AvgIpc) is 3.32. The van der Waals surface area contributed by atoms with Gasteiger partial charge in [-0.15, -0.1) is 0 Å². The van der Waals surface area contributed by atoms with E-state index in [1.807, 2.05) is 18.2 Å². The number of furan rings is 1. The number of benzene rings is 1. The highest BCUT2D eigenvalue weighted by atomic mass is 16.7. The van der Waals surface area contributed by atoms with Crippen LogP contribution in [0.2, 0.25) is 0 Å². The van der Waals surface area contributed by atoms with Gasteiger partial charge < -0.3 is 23.9 Å². The largest absolute Gasteiger partial charge is 0.465 e. The maximum atomic E-state index is 12.6. The van der Waals surface area contributed by atoms with E-state index in [4.69, 9.17) is 18.6 Å². The maximum absolute atomic E-state index is 12.6. The van der Waals surface area contributed by atoms with Gasteiger partial charge in [0.25, 0.3) is 0 Å². The first-order valence-corrected chi connectivity index (χ1v) is 9.80. The molecule has 0 bridgehead atoms. The fourth-order valence-corrected chi connectivity index (χ4v) is 3.57. The van der Waals surface area contributed by atoms with Crippen molar-refractivity contribution in [3.63, 3.8) is 0 Å². The van der Waals surface area contributed by atoms with E-state index in [-0.39, 0.29) is 18.7 Å². The molecule has 2 aliphatic heterocycles. The molecule has 28 heavy (non-hydrogen) atoms. The van der Waals surface area contributed by atoms with E-state index in [9.17, 15) is 4.79 Å². The zero-order chi connectivity index (χ0) is 19.3. The predicted molar refractivity (Wildman–Crippen MR) is 104 cm³/mol. The summed E-state index contributed by atoms with van der Waals surface area (Å²) in [6, 6.07) is 9.50. The van der Waals surface area contributed by atoms with Gasteiger partial charge in [-0.2, -0.15) is 0 Å². The molecular weight excluding hydrogens is 360 g/mol. The molecule has 0 radical (unpaired) electrons. The number of rotatable bonds is 7. The molecule has 0 spiro atoms. The number of hydrogen-bond donors (Lipinski definition) is 1. The van der Waals surface area contributed by atoms with Crippen molar-refractivity contribution in [3.05, 3.63) is 41.9 Å². The van der Waals surface area contributed by atoms with Crippen LogP contribution >= 0.6 is 0 Å². The summed E-state index contributed by atoms with van der Waals surface area (Å²) in [6.45, 7) is 5.04. The van der Waals surface area contributed by atoms with Crippen LogP contribution in [0.3, 0.4) is 0 Å². The van der Waals surface area contributed by atoms with Crippen molar-refractivity contribution in [2.45, 2.75) is 38.8 Å². The second-order valence-corrected chi connectivity index (χ2v) is 7.14. The van der Waals surface area contributed by atoms with Crippen molar-refractivity contribution in [2.24, 2.45) is 0 Å². The quantitative estimate of drug-likeness (QED) is 0.788. The molecule has 1 fully saturated rings. The van der Waals surface area contributed by atoms with E-state index in [1.165, 1.54) is 0 Å². The summed E-state index contributed by atoms with van der Waals surface area (Å²) in [4.78, 5) is 14.8. The van der Waals surface area contributed by atoms with Crippen LogP contribution in [0, 0.1) is 0 Å². The Hall–Kier alpha value is -2.51. The Balaban J connectivity index is 1.35. The minimum Gasteiger partial charge on any atom is -0.465 e. The lowest BCUT2D eigenvalue weighted by atomic mass is 10.1. The topological polar surface area (TPSA) is 73.2 Å². The van der Waals surface area contributed by atoms with Gasteiger partial charge >= 0.3 is 0 Å². The van der Waals surface area contributed by atoms with Gasteiger partial charge in [0.15, 0.2) is 11.5 Å². The van der Waals surface area contributed by atoms with Crippen molar-refractivity contribution in [1.82, 2.24) is 4.90 Å². The lowest BCUT2D eigenvalue weighted by Gasteiger charge is -2.34. The maximum Gasteiger partial charge on any atom is 0.231 e. The highest BCUT2D eigenvalue weighted by molar-refractivity contribution is 5.91. The number of fused-ring (bicyclic) bond motifs is 1. The molecule has 2 aromatic rings. The molecule has 150 valence electrons. The highest BCUT2D eigenvalue weighted by Gasteiger charge is 2.26. The fraction of sp³-hybridized carbons (Fsp3) is 0.476. The fourth-order valence-electron chi connectivity index (χ4n) is 3.57. The van der Waals surface area contributed by atoms with Crippen LogP contribution < -0.4 is 14.8 Å². The van der Waals surface area contributed by atoms with Crippen LogP contribution in [0.1, 0.15) is 31.3 Å². The Kier molecular flexibility index (Phi) is 5.83. The summed E-state index contributed by atoms with van der Waals surface area (Å²) in [7, 11) is 0. The molecule has 1 saturated heterocycles. The molecule has 7 nitrogen and oxygen atoms in total. The number of carbonyl (C=O) groups excluding carboxylic acids is 1. The molecule has 2 aliphatic rings. The first-order chi connectivity index (χ1) is 13.7. The van der Waals surface area contributed by atoms with Crippen LogP contribution in [-0.4, -0.2) is 43.4 Å². The molecule has 7 heteroatoms. The van der Waals surface area contributed by atoms with E-state index >= 15 is 0 Å². The second kappa shape index (κ2) is 8.67. The Morgan fingerprint density at radius 3 is 2.93 bits per heavy atom. The number of nitrogens with zero attached hydrogens (tertiary/aromatic N) is 1. The molecule has 3 heterocycles. The number of ether oxygens (including phenoxy) is 3. The smallest absolute Gasteiger partial charge is 0.231 e. The predicted octanol–water partition coefficient (Wildman–Crippen LogP) is 3.19. The molecule has 0 unspecified atom stereocenters. The third-order valence-corrected chi connectivity index (χ3v) is 5.00. The Labute approximate surface area is 164 Å². The monoisotopic (exact) mass is 386 g/mol. The van der Waals surface area contributed by atoms with Crippen LogP contribution in [0.4, 0.5) is 5.69 Å². The normalized spacial score (nSPS) is 19.0. The molecule has 1 N–H and O–H groups in total. The van der Waals surface area contributed by atoms with Gasteiger partial charge in [0.1, 0.15) is 11.5 Å². The van der Waals surface area contributed by atoms with Crippen LogP contribution in [0.15, 0.2) is 34.7 Å². The third kappa shape index (κ3) is 4.48. The van der Waals surface area contributed by atoms with Crippen LogP contribution in [-0.2, 0) is 22.5 Å². The number of hydrogen-bond acceptors (Lipinski definition) is 6. The zero-order valence-corrected chi connectivity index (χ0v) is 16.1. The van der Waals surface area contributed by atoms with Crippen molar-refractivity contribution in [2.75, 3.05) is 31.9 Å². The third-order valence-electron chi connectivity index (χ3n) is 5.00. The SMILES string of the molecule is CCCc1ccc(CN2CCOC[C@H]2CC(=O)Nc2ccc3c(c2)OCO3)o1. The first kappa shape index (κ1) is 18.8. The lowest BCUT2D eigenvalue weighted by Crippen LogP contribution is -2.46. The van der Waals surface area contributed by atoms with Gasteiger partial charge in [0, 0.05) is 37.2 Å². The molecule has 0 aliphatic carbocycles. The van der Waals surface area contributed by atoms with Crippen molar-refractivity contribution < 1.29 is 23.4 Å². The minimum absolute atomic E-state index is 0.0162. The Morgan fingerprint density at radius 2 is 2.04 bits per heavy atom. The second-order valence-electron chi connectivity index (χ2n) is 7.14. The van der Waals surface area contributed by atoms with E-state index in [2.05, 4.69) is 17.1 Å². The number of morpholine rings is 1. The average molecular weight is 386 g/mol. The van der Waals surface area contributed by atoms with Crippen molar-refractivity contribution in [3.8, 4) is 11.5 Å². The highest BCUT2D eigenvalue weighted by Crippen LogP contribution is 2.34. The molecule has 4 rings (SSSR count). The van der Waals surface area contributed by atoms with Gasteiger partial charge in [-0.05, 0) is 30.7 Å². The van der Waals surface area contributed by atoms with Gasteiger partial charge in [-0.1, -0.05) is 6.92 Å². The minimum atomic E-state index is -0.0505. The van der Waals surface area contributed by atoms with Gasteiger partial charge in [0.05, 0.1) is 19.8 Å². The Bertz CT molecular complexity index is 819. The summed E-state index contributed by atoms with van der Waals surface area (Å²) < 4.78 is 22.2. The summed E-state index contributed by atoms with van der Waals surface area (Å²) in [5.41, 5.74) is 0.702. The summed E-state index contributed by atoms with van der Waals surface area (Å²) in [6.07, 6.45) is 2.37. The molecule has 1 aromatic carbocycles. The summed E-state index contributed by atoms with van der Waals surface area (Å²) in [5, 5.41) is 2.94. The molecule has 1 amide bonds. The molecular formula is C21H26N2O5. The van der Waals surface area contributed by atoms with Gasteiger partial charge in [0.2, 0.25) is 12.7 Å². The van der Waals surface area contributed by atoms with E-state index in [0.717, 1.165) is 30.9 Å². The standard InChI is InChI=1S/C21H26N2O5/c1-2-3-17-5-6-18(28-17)12-23-8-9-25-13-16(23)11-21(24)22-15-4-7-19-20(10-15)27-14-26-19/h4-7,10,16H,2-3,8-9,11-14H2,1H3,(H,22,24)/t16-/m1/s1. The van der Waals surface area contributed by atoms with E-state index < -0.39 is 0 Å². The summed E-state index contributed by atoms with van der Waals surface area (Å²) >= 11 is 0. The van der Waals surface area contributed by atoms with E-state index in [0.29, 0.717) is 43.4 Å². The molecule has 1 atom stereocenters. The number of aryl methyl sites for hydroxylation is 1. The van der Waals surface area contributed by atoms with E-state index in [1.54, 1.807) is 12.1 Å². The number of nitrogens with one attached hydrogen (secondary N) is 1. The zero-order valence-electron chi connectivity index (χ0n) is 16.1. The number of carbonyl (C=O) groups is 1. The lowest BCUT2D eigenvalue weighted by molar-refractivity contribution is -0.119. The number of amides is 1. The van der Waals surface area contributed by atoms with Crippen LogP contribution in [0.25, 0.3) is 0 Å². The summed E-state index contributed by atoms with van der Waals surface area (Å²) in [5.74, 6) is 3.26. The van der Waals surface area contributed by atoms with Crippen molar-refractivity contribution in [1.29, 1.82) is 0 Å². The van der Waals surface area contributed by atoms with Gasteiger partial charge in [-0.25, -0.2) is 0 Å². The molecule has 1 aromatic heterocycles. The number of anilines is 1. The van der Waals surface area contributed by atoms with Gasteiger partial charge in [-0.3, -0.25) is 9.69 Å². The first-order valence-electron chi connectivity index (χ1n) is 9.80. The Morgan fingerprint density at radius 1 is 1.18 bits per heavy atom. The van der Waals surface area contributed by atoms with Crippen LogP contribution in [0.5, 0.6) is 11.5 Å². The molecule has 0 saturated carbocycles.